The van der Waals surface area contributed by atoms with Crippen molar-refractivity contribution in [3.8, 4) is 0 Å². The van der Waals surface area contributed by atoms with Crippen LogP contribution >= 0.6 is 0 Å². The summed E-state index contributed by atoms with van der Waals surface area (Å²) in [6.45, 7) is 7.36. The largest absolute Gasteiger partial charge is 0.465 e. The van der Waals surface area contributed by atoms with Crippen molar-refractivity contribution in [1.82, 2.24) is 0 Å². The van der Waals surface area contributed by atoms with E-state index in [1.165, 1.54) is 12.1 Å². The van der Waals surface area contributed by atoms with Crippen LogP contribution in [0.4, 0.5) is 13.2 Å². The number of nitrogens with zero attached hydrogens (tertiary/aromatic N) is 1. The lowest BCUT2D eigenvalue weighted by atomic mass is 9.66. The van der Waals surface area contributed by atoms with Crippen LogP contribution in [0.25, 0.3) is 0 Å². The molecule has 1 heterocycles. The molecule has 0 fully saturated rings. The van der Waals surface area contributed by atoms with Gasteiger partial charge in [0.25, 0.3) is 0 Å². The Morgan fingerprint density at radius 3 is 2.59 bits per heavy atom. The van der Waals surface area contributed by atoms with Crippen molar-refractivity contribution in [3.63, 3.8) is 0 Å². The van der Waals surface area contributed by atoms with Crippen molar-refractivity contribution in [2.75, 3.05) is 6.61 Å². The molecule has 0 spiro atoms. The zero-order chi connectivity index (χ0) is 21.6. The first-order valence-electron chi connectivity index (χ1n) is 9.60. The molecule has 0 saturated heterocycles. The molecule has 1 aliphatic heterocycles. The van der Waals surface area contributed by atoms with Crippen LogP contribution in [-0.4, -0.2) is 24.1 Å². The highest BCUT2D eigenvalue weighted by Gasteiger charge is 2.46. The Balaban J connectivity index is 2.20. The molecule has 4 nitrogen and oxygen atoms in total. The Morgan fingerprint density at radius 2 is 1.97 bits per heavy atom. The summed E-state index contributed by atoms with van der Waals surface area (Å²) in [7, 11) is 0. The summed E-state index contributed by atoms with van der Waals surface area (Å²) in [5.74, 6) is -2.53. The SMILES string of the molecule is CCOC(=O)C1C(C)=NC2=C(C(=O)CC(C)(C)C2)[C@@H]1c1cccc(C(F)(F)F)c1. The molecule has 29 heavy (non-hydrogen) atoms. The molecule has 0 radical (unpaired) electrons. The molecular weight excluding hydrogens is 383 g/mol. The molecule has 2 atom stereocenters. The Morgan fingerprint density at radius 1 is 1.28 bits per heavy atom. The third-order valence-corrected chi connectivity index (χ3v) is 5.42. The molecule has 1 aliphatic carbocycles. The molecular formula is C22H24F3NO3. The molecule has 156 valence electrons. The number of carbonyl (C=O) groups is 2. The van der Waals surface area contributed by atoms with Crippen LogP contribution in [0.5, 0.6) is 0 Å². The molecule has 7 heteroatoms. The summed E-state index contributed by atoms with van der Waals surface area (Å²) in [4.78, 5) is 30.3. The Bertz CT molecular complexity index is 912. The zero-order valence-corrected chi connectivity index (χ0v) is 16.9. The standard InChI is InChI=1S/C22H24F3NO3/c1-5-29-20(28)17-12(2)26-15-10-21(3,4)11-16(27)19(15)18(17)13-7-6-8-14(9-13)22(23,24)25/h6-9,17-18H,5,10-11H2,1-4H3/t17?,18-/m1/s1. The van der Waals surface area contributed by atoms with Gasteiger partial charge in [0, 0.05) is 29.3 Å². The summed E-state index contributed by atoms with van der Waals surface area (Å²) >= 11 is 0. The minimum absolute atomic E-state index is 0.130. The number of carbonyl (C=O) groups excluding carboxylic acids is 2. The first-order chi connectivity index (χ1) is 13.4. The number of rotatable bonds is 3. The van der Waals surface area contributed by atoms with Gasteiger partial charge >= 0.3 is 12.1 Å². The maximum atomic E-state index is 13.3. The number of esters is 1. The molecule has 0 bridgehead atoms. The quantitative estimate of drug-likeness (QED) is 0.656. The normalized spacial score (nSPS) is 24.1. The van der Waals surface area contributed by atoms with Crippen LogP contribution in [0.3, 0.4) is 0 Å². The fourth-order valence-corrected chi connectivity index (χ4v) is 4.25. The fraction of sp³-hybridized carbons (Fsp3) is 0.500. The summed E-state index contributed by atoms with van der Waals surface area (Å²) in [5, 5.41) is 0. The van der Waals surface area contributed by atoms with Gasteiger partial charge in [0.1, 0.15) is 5.92 Å². The van der Waals surface area contributed by atoms with Crippen molar-refractivity contribution in [2.24, 2.45) is 16.3 Å². The van der Waals surface area contributed by atoms with E-state index in [0.29, 0.717) is 23.4 Å². The molecule has 3 rings (SSSR count). The zero-order valence-electron chi connectivity index (χ0n) is 16.9. The number of hydrogen-bond acceptors (Lipinski definition) is 4. The number of ketones is 1. The second kappa shape index (κ2) is 7.43. The smallest absolute Gasteiger partial charge is 0.416 e. The van der Waals surface area contributed by atoms with Crippen molar-refractivity contribution in [2.45, 2.75) is 52.6 Å². The van der Waals surface area contributed by atoms with Gasteiger partial charge in [0.2, 0.25) is 0 Å². The van der Waals surface area contributed by atoms with Crippen LogP contribution in [0.15, 0.2) is 40.5 Å². The van der Waals surface area contributed by atoms with E-state index in [2.05, 4.69) is 4.99 Å². The lowest BCUT2D eigenvalue weighted by molar-refractivity contribution is -0.146. The molecule has 1 unspecified atom stereocenters. The minimum Gasteiger partial charge on any atom is -0.465 e. The number of ether oxygens (including phenoxy) is 1. The van der Waals surface area contributed by atoms with Crippen LogP contribution in [0, 0.1) is 11.3 Å². The maximum absolute atomic E-state index is 13.3. The summed E-state index contributed by atoms with van der Waals surface area (Å²) < 4.78 is 45.1. The van der Waals surface area contributed by atoms with Gasteiger partial charge in [-0.1, -0.05) is 32.0 Å². The van der Waals surface area contributed by atoms with Gasteiger partial charge in [-0.05, 0) is 37.3 Å². The number of alkyl halides is 3. The number of benzene rings is 1. The molecule has 0 N–H and O–H groups in total. The van der Waals surface area contributed by atoms with E-state index in [1.54, 1.807) is 13.8 Å². The molecule has 1 aromatic rings. The highest BCUT2D eigenvalue weighted by molar-refractivity contribution is 6.09. The van der Waals surface area contributed by atoms with Gasteiger partial charge in [0.05, 0.1) is 12.2 Å². The second-order valence-corrected chi connectivity index (χ2v) is 8.39. The van der Waals surface area contributed by atoms with Gasteiger partial charge in [-0.3, -0.25) is 14.6 Å². The average molecular weight is 407 g/mol. The summed E-state index contributed by atoms with van der Waals surface area (Å²) in [6.07, 6.45) is -3.75. The van der Waals surface area contributed by atoms with E-state index >= 15 is 0 Å². The number of Topliss-reactive ketones (excluding diaryl/α,β-unsaturated/α-hetero) is 1. The lowest BCUT2D eigenvalue weighted by Crippen LogP contribution is -2.39. The number of halogens is 3. The minimum atomic E-state index is -4.52. The third-order valence-electron chi connectivity index (χ3n) is 5.42. The van der Waals surface area contributed by atoms with Gasteiger partial charge < -0.3 is 4.74 Å². The number of hydrogen-bond donors (Lipinski definition) is 0. The fourth-order valence-electron chi connectivity index (χ4n) is 4.25. The second-order valence-electron chi connectivity index (χ2n) is 8.39. The van der Waals surface area contributed by atoms with Gasteiger partial charge in [-0.2, -0.15) is 13.2 Å². The van der Waals surface area contributed by atoms with Crippen molar-refractivity contribution in [1.29, 1.82) is 0 Å². The average Bonchev–Trinajstić information content (AvgIpc) is 2.59. The monoisotopic (exact) mass is 407 g/mol. The predicted octanol–water partition coefficient (Wildman–Crippen LogP) is 5.09. The number of aliphatic imine (C=N–C) groups is 1. The van der Waals surface area contributed by atoms with Crippen molar-refractivity contribution < 1.29 is 27.5 Å². The van der Waals surface area contributed by atoms with Gasteiger partial charge in [-0.15, -0.1) is 0 Å². The van der Waals surface area contributed by atoms with Gasteiger partial charge in [0.15, 0.2) is 5.78 Å². The summed E-state index contributed by atoms with van der Waals surface area (Å²) in [6, 6.07) is 4.84. The Labute approximate surface area is 167 Å². The maximum Gasteiger partial charge on any atom is 0.416 e. The predicted molar refractivity (Wildman–Crippen MR) is 102 cm³/mol. The molecule has 0 amide bonds. The first-order valence-corrected chi connectivity index (χ1v) is 9.60. The van der Waals surface area contributed by atoms with E-state index in [9.17, 15) is 22.8 Å². The van der Waals surface area contributed by atoms with Crippen molar-refractivity contribution in [3.05, 3.63) is 46.7 Å². The topological polar surface area (TPSA) is 55.7 Å². The Hall–Kier alpha value is -2.44. The molecule has 0 saturated carbocycles. The van der Waals surface area contributed by atoms with Gasteiger partial charge in [-0.25, -0.2) is 0 Å². The highest BCUT2D eigenvalue weighted by Crippen LogP contribution is 2.48. The van der Waals surface area contributed by atoms with E-state index in [0.717, 1.165) is 12.1 Å². The lowest BCUT2D eigenvalue weighted by Gasteiger charge is -2.39. The van der Waals surface area contributed by atoms with E-state index in [1.807, 2.05) is 13.8 Å². The molecule has 2 aliphatic rings. The first kappa shape index (κ1) is 21.3. The third kappa shape index (κ3) is 4.14. The van der Waals surface area contributed by atoms with Crippen LogP contribution in [0.1, 0.15) is 57.6 Å². The van der Waals surface area contributed by atoms with E-state index in [4.69, 9.17) is 4.74 Å². The molecule has 0 aromatic heterocycles. The van der Waals surface area contributed by atoms with E-state index in [-0.39, 0.29) is 29.8 Å². The molecule has 1 aromatic carbocycles. The Kier molecular flexibility index (Phi) is 5.45. The number of allylic oxidation sites excluding steroid dienone is 2. The van der Waals surface area contributed by atoms with Crippen LogP contribution in [0.2, 0.25) is 0 Å². The van der Waals surface area contributed by atoms with E-state index < -0.39 is 29.5 Å². The van der Waals surface area contributed by atoms with Crippen LogP contribution in [-0.2, 0) is 20.5 Å². The highest BCUT2D eigenvalue weighted by atomic mass is 19.4. The van der Waals surface area contributed by atoms with Crippen LogP contribution < -0.4 is 0 Å². The summed E-state index contributed by atoms with van der Waals surface area (Å²) in [5.41, 5.74) is 0.514. The van der Waals surface area contributed by atoms with Crippen molar-refractivity contribution >= 4 is 17.5 Å².